The third-order valence-corrected chi connectivity index (χ3v) is 3.89. The predicted molar refractivity (Wildman–Crippen MR) is 98.8 cm³/mol. The van der Waals surface area contributed by atoms with Gasteiger partial charge >= 0.3 is 0 Å². The van der Waals surface area contributed by atoms with Gasteiger partial charge in [0.2, 0.25) is 5.91 Å². The second kappa shape index (κ2) is 8.91. The maximum Gasteiger partial charge on any atom is 0.224 e. The van der Waals surface area contributed by atoms with Crippen LogP contribution < -0.4 is 10.6 Å². The lowest BCUT2D eigenvalue weighted by Crippen LogP contribution is -2.28. The molecule has 0 bridgehead atoms. The van der Waals surface area contributed by atoms with Crippen molar-refractivity contribution in [3.63, 3.8) is 0 Å². The van der Waals surface area contributed by atoms with Gasteiger partial charge in [-0.15, -0.1) is 0 Å². The Morgan fingerprint density at radius 1 is 1.19 bits per heavy atom. The van der Waals surface area contributed by atoms with Crippen LogP contribution in [0, 0.1) is 0 Å². The Labute approximate surface area is 151 Å². The second-order valence-corrected chi connectivity index (χ2v) is 5.76. The number of benzene rings is 1. The first kappa shape index (κ1) is 17.8. The van der Waals surface area contributed by atoms with Crippen LogP contribution in [0.4, 0.5) is 5.82 Å². The summed E-state index contributed by atoms with van der Waals surface area (Å²) in [6.45, 7) is 2.27. The van der Waals surface area contributed by atoms with E-state index in [1.54, 1.807) is 18.0 Å². The van der Waals surface area contributed by atoms with Crippen molar-refractivity contribution in [1.29, 1.82) is 0 Å². The smallest absolute Gasteiger partial charge is 0.224 e. The van der Waals surface area contributed by atoms with Crippen molar-refractivity contribution >= 4 is 22.8 Å². The highest BCUT2D eigenvalue weighted by Crippen LogP contribution is 2.18. The molecule has 0 atom stereocenters. The normalized spacial score (nSPS) is 10.8. The lowest BCUT2D eigenvalue weighted by atomic mass is 10.1. The Hall–Kier alpha value is -3.00. The summed E-state index contributed by atoms with van der Waals surface area (Å²) in [6, 6.07) is 9.67. The number of hydrogen-bond acceptors (Lipinski definition) is 6. The SMILES string of the molecule is COCCNc1ncnc2c1cnn2CCNC(=O)Cc1ccccc1. The Morgan fingerprint density at radius 2 is 2.04 bits per heavy atom. The summed E-state index contributed by atoms with van der Waals surface area (Å²) in [6.07, 6.45) is 3.61. The van der Waals surface area contributed by atoms with Gasteiger partial charge in [-0.25, -0.2) is 14.6 Å². The molecule has 8 heteroatoms. The van der Waals surface area contributed by atoms with E-state index in [0.717, 1.165) is 22.4 Å². The summed E-state index contributed by atoms with van der Waals surface area (Å²) >= 11 is 0. The van der Waals surface area contributed by atoms with Gasteiger partial charge in [0.15, 0.2) is 5.65 Å². The first-order valence-corrected chi connectivity index (χ1v) is 8.48. The van der Waals surface area contributed by atoms with Crippen molar-refractivity contribution in [1.82, 2.24) is 25.1 Å². The molecule has 3 rings (SSSR count). The van der Waals surface area contributed by atoms with Gasteiger partial charge in [-0.05, 0) is 5.56 Å². The molecular formula is C18H22N6O2. The summed E-state index contributed by atoms with van der Waals surface area (Å²) in [5.74, 6) is 0.718. The van der Waals surface area contributed by atoms with Crippen molar-refractivity contribution < 1.29 is 9.53 Å². The Bertz CT molecular complexity index is 849. The molecule has 2 N–H and O–H groups in total. The maximum absolute atomic E-state index is 12.0. The molecule has 2 aromatic heterocycles. The van der Waals surface area contributed by atoms with Gasteiger partial charge in [0.1, 0.15) is 12.1 Å². The van der Waals surface area contributed by atoms with E-state index in [1.165, 1.54) is 6.33 Å². The van der Waals surface area contributed by atoms with E-state index >= 15 is 0 Å². The number of fused-ring (bicyclic) bond motifs is 1. The monoisotopic (exact) mass is 354 g/mol. The lowest BCUT2D eigenvalue weighted by Gasteiger charge is -2.07. The first-order chi connectivity index (χ1) is 12.8. The summed E-state index contributed by atoms with van der Waals surface area (Å²) in [5.41, 5.74) is 1.73. The highest BCUT2D eigenvalue weighted by molar-refractivity contribution is 5.86. The van der Waals surface area contributed by atoms with Gasteiger partial charge in [-0.2, -0.15) is 5.10 Å². The van der Waals surface area contributed by atoms with Crippen LogP contribution in [-0.2, 0) is 22.5 Å². The Kier molecular flexibility index (Phi) is 6.10. The zero-order valence-corrected chi connectivity index (χ0v) is 14.7. The van der Waals surface area contributed by atoms with Gasteiger partial charge < -0.3 is 15.4 Å². The highest BCUT2D eigenvalue weighted by atomic mass is 16.5. The van der Waals surface area contributed by atoms with Crippen LogP contribution >= 0.6 is 0 Å². The summed E-state index contributed by atoms with van der Waals surface area (Å²) in [5, 5.41) is 11.3. The van der Waals surface area contributed by atoms with Gasteiger partial charge in [-0.3, -0.25) is 4.79 Å². The fraction of sp³-hybridized carbons (Fsp3) is 0.333. The first-order valence-electron chi connectivity index (χ1n) is 8.48. The number of aromatic nitrogens is 4. The van der Waals surface area contributed by atoms with Crippen molar-refractivity contribution in [2.75, 3.05) is 32.1 Å². The van der Waals surface area contributed by atoms with Gasteiger partial charge in [0.05, 0.1) is 31.2 Å². The minimum absolute atomic E-state index is 0.00999. The molecule has 0 aliphatic rings. The van der Waals surface area contributed by atoms with E-state index in [-0.39, 0.29) is 5.91 Å². The average Bonchev–Trinajstić information content (AvgIpc) is 3.07. The van der Waals surface area contributed by atoms with Crippen molar-refractivity contribution in [3.8, 4) is 0 Å². The average molecular weight is 354 g/mol. The molecule has 2 heterocycles. The summed E-state index contributed by atoms with van der Waals surface area (Å²) < 4.78 is 6.80. The van der Waals surface area contributed by atoms with E-state index in [4.69, 9.17) is 4.74 Å². The van der Waals surface area contributed by atoms with E-state index in [2.05, 4.69) is 25.7 Å². The highest BCUT2D eigenvalue weighted by Gasteiger charge is 2.10. The van der Waals surface area contributed by atoms with Crippen LogP contribution in [0.1, 0.15) is 5.56 Å². The maximum atomic E-state index is 12.0. The molecule has 26 heavy (non-hydrogen) atoms. The fourth-order valence-electron chi connectivity index (χ4n) is 2.61. The minimum atomic E-state index is -0.00999. The molecule has 0 fully saturated rings. The molecular weight excluding hydrogens is 332 g/mol. The van der Waals surface area contributed by atoms with Crippen LogP contribution in [0.5, 0.6) is 0 Å². The van der Waals surface area contributed by atoms with Crippen molar-refractivity contribution in [2.24, 2.45) is 0 Å². The number of amides is 1. The minimum Gasteiger partial charge on any atom is -0.383 e. The van der Waals surface area contributed by atoms with E-state index in [1.807, 2.05) is 30.3 Å². The standard InChI is InChI=1S/C18H22N6O2/c1-26-10-8-20-17-15-12-23-24(18(15)22-13-21-17)9-7-19-16(25)11-14-5-3-2-4-6-14/h2-6,12-13H,7-11H2,1H3,(H,19,25)(H,20,21,22). The van der Waals surface area contributed by atoms with E-state index < -0.39 is 0 Å². The molecule has 136 valence electrons. The molecule has 0 radical (unpaired) electrons. The summed E-state index contributed by atoms with van der Waals surface area (Å²) in [4.78, 5) is 20.6. The number of nitrogens with one attached hydrogen (secondary N) is 2. The molecule has 0 spiro atoms. The molecule has 8 nitrogen and oxygen atoms in total. The zero-order valence-electron chi connectivity index (χ0n) is 14.7. The fourth-order valence-corrected chi connectivity index (χ4v) is 2.61. The topological polar surface area (TPSA) is 94.0 Å². The molecule has 0 aliphatic heterocycles. The van der Waals surface area contributed by atoms with Crippen LogP contribution in [-0.4, -0.2) is 52.5 Å². The van der Waals surface area contributed by atoms with E-state index in [9.17, 15) is 4.79 Å². The molecule has 3 aromatic rings. The number of carbonyl (C=O) groups is 1. The third kappa shape index (κ3) is 4.54. The van der Waals surface area contributed by atoms with Crippen LogP contribution in [0.15, 0.2) is 42.9 Å². The number of hydrogen-bond donors (Lipinski definition) is 2. The van der Waals surface area contributed by atoms with Gasteiger partial charge in [-0.1, -0.05) is 30.3 Å². The summed E-state index contributed by atoms with van der Waals surface area (Å²) in [7, 11) is 1.65. The predicted octanol–water partition coefficient (Wildman–Crippen LogP) is 1.24. The van der Waals surface area contributed by atoms with Gasteiger partial charge in [0, 0.05) is 20.2 Å². The quantitative estimate of drug-likeness (QED) is 0.562. The number of rotatable bonds is 9. The van der Waals surface area contributed by atoms with Crippen LogP contribution in [0.3, 0.4) is 0 Å². The molecule has 1 aromatic carbocycles. The van der Waals surface area contributed by atoms with Gasteiger partial charge in [0.25, 0.3) is 0 Å². The lowest BCUT2D eigenvalue weighted by molar-refractivity contribution is -0.120. The third-order valence-electron chi connectivity index (χ3n) is 3.89. The Balaban J connectivity index is 1.56. The van der Waals surface area contributed by atoms with Crippen molar-refractivity contribution in [3.05, 3.63) is 48.4 Å². The number of methoxy groups -OCH3 is 1. The van der Waals surface area contributed by atoms with Crippen molar-refractivity contribution in [2.45, 2.75) is 13.0 Å². The van der Waals surface area contributed by atoms with Crippen LogP contribution in [0.2, 0.25) is 0 Å². The Morgan fingerprint density at radius 3 is 2.85 bits per heavy atom. The number of nitrogens with zero attached hydrogens (tertiary/aromatic N) is 4. The second-order valence-electron chi connectivity index (χ2n) is 5.76. The largest absolute Gasteiger partial charge is 0.383 e. The number of anilines is 1. The zero-order chi connectivity index (χ0) is 18.2. The molecule has 1 amide bonds. The number of ether oxygens (including phenoxy) is 1. The molecule has 0 saturated heterocycles. The molecule has 0 unspecified atom stereocenters. The molecule has 0 saturated carbocycles. The van der Waals surface area contributed by atoms with Crippen LogP contribution in [0.25, 0.3) is 11.0 Å². The van der Waals surface area contributed by atoms with E-state index in [0.29, 0.717) is 32.7 Å². The number of carbonyl (C=O) groups excluding carboxylic acids is 1. The molecule has 0 aliphatic carbocycles.